The van der Waals surface area contributed by atoms with Gasteiger partial charge in [-0.3, -0.25) is 0 Å². The summed E-state index contributed by atoms with van der Waals surface area (Å²) in [5.41, 5.74) is 6.80. The summed E-state index contributed by atoms with van der Waals surface area (Å²) in [6.07, 6.45) is 1.84. The molecule has 2 rings (SSSR count). The van der Waals surface area contributed by atoms with Crippen LogP contribution in [0.15, 0.2) is 24.3 Å². The van der Waals surface area contributed by atoms with E-state index < -0.39 is 0 Å². The summed E-state index contributed by atoms with van der Waals surface area (Å²) >= 11 is 0. The van der Waals surface area contributed by atoms with Gasteiger partial charge in [0.1, 0.15) is 5.82 Å². The van der Waals surface area contributed by atoms with Crippen LogP contribution < -0.4 is 5.73 Å². The second-order valence-corrected chi connectivity index (χ2v) is 5.07. The van der Waals surface area contributed by atoms with Crippen molar-refractivity contribution in [2.45, 2.75) is 25.8 Å². The molecule has 2 N–H and O–H groups in total. The Labute approximate surface area is 103 Å². The van der Waals surface area contributed by atoms with Crippen molar-refractivity contribution >= 4 is 0 Å². The van der Waals surface area contributed by atoms with Crippen LogP contribution in [0.4, 0.5) is 4.39 Å². The molecule has 0 spiro atoms. The van der Waals surface area contributed by atoms with Crippen molar-refractivity contribution in [1.82, 2.24) is 4.90 Å². The molecule has 1 aromatic carbocycles. The maximum Gasteiger partial charge on any atom is 0.126 e. The van der Waals surface area contributed by atoms with E-state index >= 15 is 0 Å². The monoisotopic (exact) mass is 236 g/mol. The van der Waals surface area contributed by atoms with Crippen molar-refractivity contribution in [3.8, 4) is 0 Å². The van der Waals surface area contributed by atoms with Crippen LogP contribution >= 0.6 is 0 Å². The Kier molecular flexibility index (Phi) is 4.13. The lowest BCUT2D eigenvalue weighted by atomic mass is 9.94. The summed E-state index contributed by atoms with van der Waals surface area (Å²) in [5, 5.41) is 0. The Balaban J connectivity index is 1.85. The van der Waals surface area contributed by atoms with Crippen LogP contribution in [-0.2, 0) is 6.42 Å². The van der Waals surface area contributed by atoms with Gasteiger partial charge in [-0.05, 0) is 36.9 Å². The predicted molar refractivity (Wildman–Crippen MR) is 68.3 cm³/mol. The molecule has 1 saturated heterocycles. The molecule has 1 heterocycles. The molecule has 0 radical (unpaired) electrons. The summed E-state index contributed by atoms with van der Waals surface area (Å²) in [4.78, 5) is 2.39. The van der Waals surface area contributed by atoms with Gasteiger partial charge in [-0.2, -0.15) is 0 Å². The van der Waals surface area contributed by atoms with E-state index in [-0.39, 0.29) is 5.82 Å². The molecule has 0 amide bonds. The van der Waals surface area contributed by atoms with Crippen LogP contribution in [0, 0.1) is 11.7 Å². The highest BCUT2D eigenvalue weighted by Gasteiger charge is 2.22. The topological polar surface area (TPSA) is 29.3 Å². The number of nitrogens with two attached hydrogens (primary N) is 1. The molecule has 1 fully saturated rings. The van der Waals surface area contributed by atoms with Gasteiger partial charge in [0.25, 0.3) is 0 Å². The minimum Gasteiger partial charge on any atom is -0.327 e. The smallest absolute Gasteiger partial charge is 0.126 e. The van der Waals surface area contributed by atoms with E-state index in [1.807, 2.05) is 12.1 Å². The van der Waals surface area contributed by atoms with Gasteiger partial charge in [-0.1, -0.05) is 25.1 Å². The fraction of sp³-hybridized carbons (Fsp3) is 0.571. The fourth-order valence-electron chi connectivity index (χ4n) is 2.43. The van der Waals surface area contributed by atoms with Crippen molar-refractivity contribution < 1.29 is 4.39 Å². The Bertz CT molecular complexity index is 367. The van der Waals surface area contributed by atoms with Gasteiger partial charge < -0.3 is 10.6 Å². The molecule has 17 heavy (non-hydrogen) atoms. The lowest BCUT2D eigenvalue weighted by Gasteiger charge is -2.35. The number of hydrogen-bond acceptors (Lipinski definition) is 2. The molecular weight excluding hydrogens is 215 g/mol. The Morgan fingerprint density at radius 3 is 2.88 bits per heavy atom. The zero-order chi connectivity index (χ0) is 12.3. The van der Waals surface area contributed by atoms with E-state index in [0.717, 1.165) is 38.0 Å². The lowest BCUT2D eigenvalue weighted by Crippen LogP contribution is -2.46. The zero-order valence-corrected chi connectivity index (χ0v) is 10.4. The van der Waals surface area contributed by atoms with Crippen molar-refractivity contribution in [3.05, 3.63) is 35.6 Å². The van der Waals surface area contributed by atoms with Crippen LogP contribution in [0.3, 0.4) is 0 Å². The van der Waals surface area contributed by atoms with E-state index in [9.17, 15) is 4.39 Å². The van der Waals surface area contributed by atoms with E-state index in [1.165, 1.54) is 6.07 Å². The SMILES string of the molecule is CC1CN(CCc2ccccc2F)CCC1N. The maximum atomic E-state index is 13.4. The summed E-state index contributed by atoms with van der Waals surface area (Å²) in [6.45, 7) is 5.20. The number of halogens is 1. The normalized spacial score (nSPS) is 26.1. The van der Waals surface area contributed by atoms with Crippen molar-refractivity contribution in [2.75, 3.05) is 19.6 Å². The molecule has 2 unspecified atom stereocenters. The molecule has 3 heteroatoms. The van der Waals surface area contributed by atoms with E-state index in [4.69, 9.17) is 5.73 Å². The van der Waals surface area contributed by atoms with Gasteiger partial charge in [-0.15, -0.1) is 0 Å². The predicted octanol–water partition coefficient (Wildman–Crippen LogP) is 2.04. The summed E-state index contributed by atoms with van der Waals surface area (Å²) in [7, 11) is 0. The van der Waals surface area contributed by atoms with Crippen molar-refractivity contribution in [2.24, 2.45) is 11.7 Å². The van der Waals surface area contributed by atoms with Gasteiger partial charge in [0, 0.05) is 19.1 Å². The number of benzene rings is 1. The molecule has 2 atom stereocenters. The molecule has 0 aliphatic carbocycles. The number of piperidine rings is 1. The molecule has 1 aliphatic rings. The average molecular weight is 236 g/mol. The second-order valence-electron chi connectivity index (χ2n) is 5.07. The van der Waals surface area contributed by atoms with Gasteiger partial charge >= 0.3 is 0 Å². The van der Waals surface area contributed by atoms with Gasteiger partial charge in [0.05, 0.1) is 0 Å². The zero-order valence-electron chi connectivity index (χ0n) is 10.4. The highest BCUT2D eigenvalue weighted by molar-refractivity contribution is 5.17. The molecule has 2 nitrogen and oxygen atoms in total. The molecule has 1 aromatic rings. The van der Waals surface area contributed by atoms with Gasteiger partial charge in [0.2, 0.25) is 0 Å². The molecule has 0 aromatic heterocycles. The molecular formula is C14H21FN2. The Morgan fingerprint density at radius 1 is 1.41 bits per heavy atom. The average Bonchev–Trinajstić information content (AvgIpc) is 2.32. The van der Waals surface area contributed by atoms with Gasteiger partial charge in [-0.25, -0.2) is 4.39 Å². The first-order chi connectivity index (χ1) is 8.16. The quantitative estimate of drug-likeness (QED) is 0.870. The highest BCUT2D eigenvalue weighted by Crippen LogP contribution is 2.16. The van der Waals surface area contributed by atoms with Crippen molar-refractivity contribution in [1.29, 1.82) is 0 Å². The Morgan fingerprint density at radius 2 is 2.18 bits per heavy atom. The summed E-state index contributed by atoms with van der Waals surface area (Å²) in [5.74, 6) is 0.457. The third-order valence-corrected chi connectivity index (χ3v) is 3.71. The molecule has 94 valence electrons. The maximum absolute atomic E-state index is 13.4. The summed E-state index contributed by atoms with van der Waals surface area (Å²) in [6, 6.07) is 7.37. The number of hydrogen-bond donors (Lipinski definition) is 1. The standard InChI is InChI=1S/C14H21FN2/c1-11-10-17(9-7-14(11)16)8-6-12-4-2-3-5-13(12)15/h2-5,11,14H,6-10,16H2,1H3. The minimum atomic E-state index is -0.0886. The van der Waals surface area contributed by atoms with Crippen LogP contribution in [-0.4, -0.2) is 30.6 Å². The third-order valence-electron chi connectivity index (χ3n) is 3.71. The molecule has 0 bridgehead atoms. The van der Waals surface area contributed by atoms with Crippen molar-refractivity contribution in [3.63, 3.8) is 0 Å². The summed E-state index contributed by atoms with van der Waals surface area (Å²) < 4.78 is 13.4. The lowest BCUT2D eigenvalue weighted by molar-refractivity contribution is 0.166. The van der Waals surface area contributed by atoms with E-state index in [1.54, 1.807) is 6.07 Å². The first-order valence-corrected chi connectivity index (χ1v) is 6.38. The molecule has 0 saturated carbocycles. The third kappa shape index (κ3) is 3.27. The number of nitrogens with zero attached hydrogens (tertiary/aromatic N) is 1. The molecule has 1 aliphatic heterocycles. The number of likely N-dealkylation sites (tertiary alicyclic amines) is 1. The highest BCUT2D eigenvalue weighted by atomic mass is 19.1. The van der Waals surface area contributed by atoms with Crippen LogP contribution in [0.1, 0.15) is 18.9 Å². The first kappa shape index (κ1) is 12.5. The largest absolute Gasteiger partial charge is 0.327 e. The first-order valence-electron chi connectivity index (χ1n) is 6.38. The van der Waals surface area contributed by atoms with Crippen LogP contribution in [0.25, 0.3) is 0 Å². The van der Waals surface area contributed by atoms with E-state index in [2.05, 4.69) is 11.8 Å². The van der Waals surface area contributed by atoms with E-state index in [0.29, 0.717) is 12.0 Å². The second kappa shape index (κ2) is 5.61. The van der Waals surface area contributed by atoms with Gasteiger partial charge in [0.15, 0.2) is 0 Å². The number of rotatable bonds is 3. The minimum absolute atomic E-state index is 0.0886. The van der Waals surface area contributed by atoms with Crippen LogP contribution in [0.2, 0.25) is 0 Å². The van der Waals surface area contributed by atoms with Crippen LogP contribution in [0.5, 0.6) is 0 Å². The fourth-order valence-corrected chi connectivity index (χ4v) is 2.43. The Hall–Kier alpha value is -0.930.